The van der Waals surface area contributed by atoms with Crippen LogP contribution in [-0.4, -0.2) is 24.5 Å². The summed E-state index contributed by atoms with van der Waals surface area (Å²) in [6.45, 7) is 7.58. The number of carbonyl (C=O) groups excluding carboxylic acids is 1. The molecule has 1 aromatic heterocycles. The van der Waals surface area contributed by atoms with Crippen LogP contribution >= 0.6 is 11.3 Å². The molecule has 0 radical (unpaired) electrons. The van der Waals surface area contributed by atoms with Crippen molar-refractivity contribution in [1.82, 2.24) is 10.2 Å². The molecule has 9 heteroatoms. The lowest BCUT2D eigenvalue weighted by Gasteiger charge is -2.15. The van der Waals surface area contributed by atoms with Gasteiger partial charge in [0.25, 0.3) is 0 Å². The highest BCUT2D eigenvalue weighted by Gasteiger charge is 2.15. The van der Waals surface area contributed by atoms with Gasteiger partial charge in [-0.15, -0.1) is 11.3 Å². The Labute approximate surface area is 145 Å². The van der Waals surface area contributed by atoms with E-state index < -0.39 is 10.0 Å². The normalized spacial score (nSPS) is 12.0. The molecule has 0 aliphatic carbocycles. The van der Waals surface area contributed by atoms with E-state index in [0.29, 0.717) is 12.1 Å². The minimum absolute atomic E-state index is 0.0316. The van der Waals surface area contributed by atoms with E-state index in [9.17, 15) is 13.2 Å². The lowest BCUT2D eigenvalue weighted by molar-refractivity contribution is -0.114. The lowest BCUT2D eigenvalue weighted by atomic mass is 9.93. The van der Waals surface area contributed by atoms with Crippen LogP contribution in [0, 0.1) is 5.41 Å². The van der Waals surface area contributed by atoms with E-state index in [2.05, 4.69) is 41.0 Å². The van der Waals surface area contributed by atoms with Crippen LogP contribution in [0.15, 0.2) is 29.2 Å². The van der Waals surface area contributed by atoms with Crippen molar-refractivity contribution in [2.75, 3.05) is 5.32 Å². The summed E-state index contributed by atoms with van der Waals surface area (Å²) in [4.78, 5) is 11.0. The minimum Gasteiger partial charge on any atom is -0.342 e. The molecule has 0 spiro atoms. The molecular formula is C15H19N4O3S2-. The van der Waals surface area contributed by atoms with E-state index >= 15 is 0 Å². The van der Waals surface area contributed by atoms with Crippen molar-refractivity contribution in [3.05, 3.63) is 34.0 Å². The second kappa shape index (κ2) is 6.86. The number of nitrogens with one attached hydrogen (secondary N) is 1. The van der Waals surface area contributed by atoms with Crippen LogP contribution < -0.4 is 5.32 Å². The average Bonchev–Trinajstić information content (AvgIpc) is 2.82. The minimum atomic E-state index is -3.87. The molecule has 2 rings (SSSR count). The van der Waals surface area contributed by atoms with E-state index in [1.54, 1.807) is 0 Å². The van der Waals surface area contributed by atoms with Gasteiger partial charge < -0.3 is 15.1 Å². The van der Waals surface area contributed by atoms with Gasteiger partial charge >= 0.3 is 0 Å². The first-order chi connectivity index (χ1) is 11.0. The van der Waals surface area contributed by atoms with Gasteiger partial charge in [-0.25, -0.2) is 8.42 Å². The fourth-order valence-electron chi connectivity index (χ4n) is 1.88. The Kier molecular flexibility index (Phi) is 5.24. The number of amides is 1. The molecule has 0 saturated heterocycles. The quantitative estimate of drug-likeness (QED) is 0.871. The van der Waals surface area contributed by atoms with Crippen LogP contribution in [0.3, 0.4) is 0 Å². The SMILES string of the molecule is CC(=O)Nc1ccc(S(=O)(=O)[N-]c2nnc(CC(C)(C)C)s2)cc1. The topological polar surface area (TPSA) is 103 Å². The molecule has 0 saturated carbocycles. The summed E-state index contributed by atoms with van der Waals surface area (Å²) < 4.78 is 28.4. The maximum Gasteiger partial charge on any atom is 0.221 e. The molecule has 1 aromatic carbocycles. The maximum atomic E-state index is 12.3. The number of nitrogens with zero attached hydrogens (tertiary/aromatic N) is 3. The molecule has 1 heterocycles. The summed E-state index contributed by atoms with van der Waals surface area (Å²) in [5, 5.41) is 11.3. The van der Waals surface area contributed by atoms with Gasteiger partial charge in [-0.05, 0) is 29.7 Å². The maximum absolute atomic E-state index is 12.3. The van der Waals surface area contributed by atoms with Crippen LogP contribution in [0.1, 0.15) is 32.7 Å². The number of aromatic nitrogens is 2. The van der Waals surface area contributed by atoms with E-state index in [1.165, 1.54) is 42.5 Å². The first kappa shape index (κ1) is 18.3. The summed E-state index contributed by atoms with van der Waals surface area (Å²) in [5.41, 5.74) is 0.555. The number of carbonyl (C=O) groups is 1. The number of anilines is 1. The smallest absolute Gasteiger partial charge is 0.221 e. The van der Waals surface area contributed by atoms with E-state index in [0.717, 1.165) is 5.01 Å². The fraction of sp³-hybridized carbons (Fsp3) is 0.400. The van der Waals surface area contributed by atoms with Crippen molar-refractivity contribution in [1.29, 1.82) is 0 Å². The molecule has 0 aliphatic heterocycles. The predicted molar refractivity (Wildman–Crippen MR) is 94.0 cm³/mol. The van der Waals surface area contributed by atoms with Crippen molar-refractivity contribution in [2.45, 2.75) is 39.0 Å². The largest absolute Gasteiger partial charge is 0.342 e. The van der Waals surface area contributed by atoms with Gasteiger partial charge in [0.05, 0.1) is 9.90 Å². The van der Waals surface area contributed by atoms with Crippen LogP contribution in [0.5, 0.6) is 0 Å². The zero-order valence-corrected chi connectivity index (χ0v) is 15.5. The van der Waals surface area contributed by atoms with Gasteiger partial charge in [-0.3, -0.25) is 9.89 Å². The summed E-state index contributed by atoms with van der Waals surface area (Å²) in [5.74, 6) is -0.226. The first-order valence-corrected chi connectivity index (χ1v) is 9.49. The zero-order valence-electron chi connectivity index (χ0n) is 13.9. The Balaban J connectivity index is 2.12. The van der Waals surface area contributed by atoms with Crippen molar-refractivity contribution < 1.29 is 13.2 Å². The lowest BCUT2D eigenvalue weighted by Crippen LogP contribution is -2.08. The van der Waals surface area contributed by atoms with Gasteiger partial charge in [-0.1, -0.05) is 20.8 Å². The van der Waals surface area contributed by atoms with Crippen molar-refractivity contribution >= 4 is 38.1 Å². The molecule has 0 bridgehead atoms. The molecular weight excluding hydrogens is 348 g/mol. The van der Waals surface area contributed by atoms with Crippen molar-refractivity contribution in [2.24, 2.45) is 5.41 Å². The number of rotatable bonds is 5. The monoisotopic (exact) mass is 367 g/mol. The van der Waals surface area contributed by atoms with E-state index in [-0.39, 0.29) is 21.3 Å². The Morgan fingerprint density at radius 2 is 1.83 bits per heavy atom. The van der Waals surface area contributed by atoms with Crippen LogP contribution in [0.25, 0.3) is 4.72 Å². The van der Waals surface area contributed by atoms with Crippen LogP contribution in [-0.2, 0) is 21.2 Å². The molecule has 2 aromatic rings. The Bertz CT molecular complexity index is 821. The number of benzene rings is 1. The first-order valence-electron chi connectivity index (χ1n) is 7.23. The van der Waals surface area contributed by atoms with E-state index in [4.69, 9.17) is 0 Å². The highest BCUT2D eigenvalue weighted by molar-refractivity contribution is 7.94. The Morgan fingerprint density at radius 1 is 1.21 bits per heavy atom. The van der Waals surface area contributed by atoms with Crippen LogP contribution in [0.2, 0.25) is 0 Å². The van der Waals surface area contributed by atoms with Gasteiger partial charge in [0.2, 0.25) is 15.9 Å². The molecule has 1 amide bonds. The van der Waals surface area contributed by atoms with Gasteiger partial charge in [0.1, 0.15) is 0 Å². The second-order valence-electron chi connectivity index (χ2n) is 6.49. The molecule has 1 N–H and O–H groups in total. The predicted octanol–water partition coefficient (Wildman–Crippen LogP) is 3.48. The third kappa shape index (κ3) is 5.27. The standard InChI is InChI=1S/C15H20N4O3S2/c1-10(20)16-11-5-7-12(8-6-11)24(21,22)19-14-18-17-13(23-14)9-15(2,3)4/h5-8H,9H2,1-4H3,(H2,16,18,19,20)/p-1. The van der Waals surface area contributed by atoms with Gasteiger partial charge in [0, 0.05) is 24.2 Å². The highest BCUT2D eigenvalue weighted by atomic mass is 32.2. The third-order valence-corrected chi connectivity index (χ3v) is 5.02. The number of sulfonamides is 1. The number of hydrogen-bond acceptors (Lipinski definition) is 6. The summed E-state index contributed by atoms with van der Waals surface area (Å²) in [6, 6.07) is 5.80. The number of hydrogen-bond donors (Lipinski definition) is 1. The van der Waals surface area contributed by atoms with Crippen LogP contribution in [0.4, 0.5) is 10.8 Å². The molecule has 0 aliphatic rings. The molecule has 0 unspecified atom stereocenters. The van der Waals surface area contributed by atoms with Crippen molar-refractivity contribution in [3.63, 3.8) is 0 Å². The van der Waals surface area contributed by atoms with Gasteiger partial charge in [-0.2, -0.15) is 0 Å². The molecule has 130 valence electrons. The highest BCUT2D eigenvalue weighted by Crippen LogP contribution is 2.33. The zero-order chi connectivity index (χ0) is 18.0. The molecule has 0 fully saturated rings. The summed E-state index contributed by atoms with van der Waals surface area (Å²) in [6.07, 6.45) is 0.700. The molecule has 7 nitrogen and oxygen atoms in total. The fourth-order valence-corrected chi connectivity index (χ4v) is 4.03. The van der Waals surface area contributed by atoms with Crippen molar-refractivity contribution in [3.8, 4) is 0 Å². The summed E-state index contributed by atoms with van der Waals surface area (Å²) >= 11 is 1.17. The van der Waals surface area contributed by atoms with E-state index in [1.807, 2.05) is 0 Å². The molecule has 0 atom stereocenters. The molecule has 24 heavy (non-hydrogen) atoms. The van der Waals surface area contributed by atoms with Gasteiger partial charge in [0.15, 0.2) is 0 Å². The third-order valence-electron chi connectivity index (χ3n) is 2.81. The summed E-state index contributed by atoms with van der Waals surface area (Å²) in [7, 11) is -3.87. The Hall–Kier alpha value is -2.00. The second-order valence-corrected chi connectivity index (χ2v) is 9.13. The Morgan fingerprint density at radius 3 is 2.38 bits per heavy atom. The average molecular weight is 367 g/mol.